The fraction of sp³-hybridized carbons (Fsp3) is 0.333. The molecule has 1 aromatic rings. The maximum Gasteiger partial charge on any atom is 0.328 e. The van der Waals surface area contributed by atoms with Crippen LogP contribution in [-0.4, -0.2) is 36.4 Å². The minimum absolute atomic E-state index is 0.351. The second kappa shape index (κ2) is 7.44. The molecule has 0 aliphatic heterocycles. The van der Waals surface area contributed by atoms with Crippen molar-refractivity contribution in [2.45, 2.75) is 19.4 Å². The molecule has 0 saturated heterocycles. The maximum atomic E-state index is 11.9. The third-order valence-electron chi connectivity index (χ3n) is 2.52. The van der Waals surface area contributed by atoms with Crippen LogP contribution in [-0.2, 0) is 9.53 Å². The van der Waals surface area contributed by atoms with Gasteiger partial charge in [0.05, 0.1) is 12.1 Å². The molecule has 2 amide bonds. The first-order valence-corrected chi connectivity index (χ1v) is 6.41. The van der Waals surface area contributed by atoms with Crippen molar-refractivity contribution in [1.29, 1.82) is 0 Å². The number of aliphatic carboxylic acids is 1. The van der Waals surface area contributed by atoms with Gasteiger partial charge in [-0.05, 0) is 37.6 Å². The minimum Gasteiger partial charge on any atom is -0.478 e. The quantitative estimate of drug-likeness (QED) is 0.702. The summed E-state index contributed by atoms with van der Waals surface area (Å²) >= 11 is 0. The molecule has 1 rings (SSSR count). The van der Waals surface area contributed by atoms with Crippen molar-refractivity contribution in [2.75, 3.05) is 19.0 Å². The number of urea groups is 1. The number of nitrogens with one attached hydrogen (secondary N) is 2. The molecule has 0 unspecified atom stereocenters. The molecule has 0 atom stereocenters. The van der Waals surface area contributed by atoms with Crippen LogP contribution in [0.3, 0.4) is 0 Å². The Morgan fingerprint density at radius 1 is 1.38 bits per heavy atom. The van der Waals surface area contributed by atoms with E-state index in [0.717, 1.165) is 6.08 Å². The highest BCUT2D eigenvalue weighted by molar-refractivity contribution is 5.90. The summed E-state index contributed by atoms with van der Waals surface area (Å²) in [5, 5.41) is 14.1. The molecule has 3 N–H and O–H groups in total. The van der Waals surface area contributed by atoms with Gasteiger partial charge in [-0.1, -0.05) is 12.1 Å². The smallest absolute Gasteiger partial charge is 0.328 e. The van der Waals surface area contributed by atoms with E-state index in [1.54, 1.807) is 31.4 Å². The lowest BCUT2D eigenvalue weighted by molar-refractivity contribution is -0.131. The molecular weight excluding hydrogens is 272 g/mol. The molecule has 0 aromatic heterocycles. The fourth-order valence-corrected chi connectivity index (χ4v) is 1.75. The molecule has 6 heteroatoms. The van der Waals surface area contributed by atoms with Gasteiger partial charge in [-0.2, -0.15) is 0 Å². The van der Waals surface area contributed by atoms with E-state index in [-0.39, 0.29) is 6.03 Å². The summed E-state index contributed by atoms with van der Waals surface area (Å²) in [7, 11) is 1.57. The van der Waals surface area contributed by atoms with E-state index in [1.165, 1.54) is 6.08 Å². The molecule has 0 fully saturated rings. The summed E-state index contributed by atoms with van der Waals surface area (Å²) in [6.07, 6.45) is 2.50. The molecule has 21 heavy (non-hydrogen) atoms. The fourth-order valence-electron chi connectivity index (χ4n) is 1.75. The highest BCUT2D eigenvalue weighted by atomic mass is 16.5. The lowest BCUT2D eigenvalue weighted by atomic mass is 10.1. The van der Waals surface area contributed by atoms with Crippen LogP contribution < -0.4 is 10.6 Å². The van der Waals surface area contributed by atoms with Gasteiger partial charge in [0, 0.05) is 18.9 Å². The SMILES string of the molecule is COCC(C)(C)NC(=O)Nc1cccc(/C=C/C(=O)O)c1. The Labute approximate surface area is 123 Å². The third kappa shape index (κ3) is 6.58. The second-order valence-electron chi connectivity index (χ2n) is 5.19. The number of carbonyl (C=O) groups is 2. The van der Waals surface area contributed by atoms with E-state index >= 15 is 0 Å². The van der Waals surface area contributed by atoms with E-state index in [0.29, 0.717) is 17.9 Å². The van der Waals surface area contributed by atoms with Crippen molar-refractivity contribution in [1.82, 2.24) is 5.32 Å². The second-order valence-corrected chi connectivity index (χ2v) is 5.19. The van der Waals surface area contributed by atoms with Crippen LogP contribution >= 0.6 is 0 Å². The molecule has 0 bridgehead atoms. The topological polar surface area (TPSA) is 87.7 Å². The van der Waals surface area contributed by atoms with Gasteiger partial charge in [0.15, 0.2) is 0 Å². The molecule has 1 aromatic carbocycles. The third-order valence-corrected chi connectivity index (χ3v) is 2.52. The zero-order chi connectivity index (χ0) is 15.9. The van der Waals surface area contributed by atoms with Crippen molar-refractivity contribution in [3.63, 3.8) is 0 Å². The number of benzene rings is 1. The molecule has 0 aliphatic carbocycles. The van der Waals surface area contributed by atoms with E-state index in [1.807, 2.05) is 13.8 Å². The number of ether oxygens (including phenoxy) is 1. The zero-order valence-electron chi connectivity index (χ0n) is 12.3. The van der Waals surface area contributed by atoms with Gasteiger partial charge in [-0.15, -0.1) is 0 Å². The van der Waals surface area contributed by atoms with Crippen LogP contribution in [0, 0.1) is 0 Å². The summed E-state index contributed by atoms with van der Waals surface area (Å²) in [5.41, 5.74) is 0.777. The molecular formula is C15H20N2O4. The average Bonchev–Trinajstić information content (AvgIpc) is 2.35. The van der Waals surface area contributed by atoms with E-state index in [4.69, 9.17) is 9.84 Å². The van der Waals surface area contributed by atoms with Gasteiger partial charge < -0.3 is 20.5 Å². The van der Waals surface area contributed by atoms with Crippen molar-refractivity contribution in [2.24, 2.45) is 0 Å². The van der Waals surface area contributed by atoms with Crippen molar-refractivity contribution < 1.29 is 19.4 Å². The Hall–Kier alpha value is -2.34. The average molecular weight is 292 g/mol. The van der Waals surface area contributed by atoms with Crippen molar-refractivity contribution in [3.05, 3.63) is 35.9 Å². The summed E-state index contributed by atoms with van der Waals surface area (Å²) in [4.78, 5) is 22.4. The van der Waals surface area contributed by atoms with E-state index in [9.17, 15) is 9.59 Å². The van der Waals surface area contributed by atoms with Gasteiger partial charge >= 0.3 is 12.0 Å². The van der Waals surface area contributed by atoms with Gasteiger partial charge in [0.2, 0.25) is 0 Å². The number of carboxylic acid groups (broad SMARTS) is 1. The van der Waals surface area contributed by atoms with Crippen LogP contribution in [0.5, 0.6) is 0 Å². The highest BCUT2D eigenvalue weighted by Gasteiger charge is 2.20. The van der Waals surface area contributed by atoms with Gasteiger partial charge in [0.25, 0.3) is 0 Å². The van der Waals surface area contributed by atoms with Crippen LogP contribution in [0.4, 0.5) is 10.5 Å². The standard InChI is InChI=1S/C15H20N2O4/c1-15(2,10-21-3)17-14(20)16-12-6-4-5-11(9-12)7-8-13(18)19/h4-9H,10H2,1-3H3,(H,18,19)(H2,16,17,20)/b8-7+. The van der Waals surface area contributed by atoms with E-state index in [2.05, 4.69) is 10.6 Å². The van der Waals surface area contributed by atoms with Gasteiger partial charge in [-0.25, -0.2) is 9.59 Å². The van der Waals surface area contributed by atoms with Crippen molar-refractivity contribution >= 4 is 23.8 Å². The molecule has 0 heterocycles. The van der Waals surface area contributed by atoms with Crippen LogP contribution in [0.1, 0.15) is 19.4 Å². The minimum atomic E-state index is -1.02. The first-order chi connectivity index (χ1) is 9.82. The molecule has 0 radical (unpaired) electrons. The summed E-state index contributed by atoms with van der Waals surface area (Å²) < 4.78 is 5.02. The Morgan fingerprint density at radius 2 is 2.10 bits per heavy atom. The summed E-state index contributed by atoms with van der Waals surface area (Å²) in [6.45, 7) is 4.09. The largest absolute Gasteiger partial charge is 0.478 e. The van der Waals surface area contributed by atoms with E-state index < -0.39 is 11.5 Å². The van der Waals surface area contributed by atoms with Crippen molar-refractivity contribution in [3.8, 4) is 0 Å². The first kappa shape index (κ1) is 16.7. The number of amides is 2. The Morgan fingerprint density at radius 3 is 2.71 bits per heavy atom. The number of carboxylic acids is 1. The monoisotopic (exact) mass is 292 g/mol. The number of methoxy groups -OCH3 is 1. The summed E-state index contributed by atoms with van der Waals surface area (Å²) in [6, 6.07) is 6.54. The van der Waals surface area contributed by atoms with Gasteiger partial charge in [0.1, 0.15) is 0 Å². The first-order valence-electron chi connectivity index (χ1n) is 6.41. The Bertz CT molecular complexity index is 538. The lowest BCUT2D eigenvalue weighted by Gasteiger charge is -2.25. The number of carbonyl (C=O) groups excluding carboxylic acids is 1. The normalized spacial score (nSPS) is 11.4. The summed E-state index contributed by atoms with van der Waals surface area (Å²) in [5.74, 6) is -1.02. The molecule has 114 valence electrons. The maximum absolute atomic E-state index is 11.9. The molecule has 6 nitrogen and oxygen atoms in total. The molecule has 0 spiro atoms. The molecule has 0 aliphatic rings. The van der Waals surface area contributed by atoms with Gasteiger partial charge in [-0.3, -0.25) is 0 Å². The molecule has 0 saturated carbocycles. The number of anilines is 1. The number of hydrogen-bond acceptors (Lipinski definition) is 3. The predicted molar refractivity (Wildman–Crippen MR) is 81.2 cm³/mol. The Kier molecular flexibility index (Phi) is 5.92. The van der Waals surface area contributed by atoms with Crippen LogP contribution in [0.25, 0.3) is 6.08 Å². The Balaban J connectivity index is 2.68. The predicted octanol–water partition coefficient (Wildman–Crippen LogP) is 2.33. The number of hydrogen-bond donors (Lipinski definition) is 3. The number of rotatable bonds is 6. The highest BCUT2D eigenvalue weighted by Crippen LogP contribution is 2.12. The lowest BCUT2D eigenvalue weighted by Crippen LogP contribution is -2.48. The zero-order valence-corrected chi connectivity index (χ0v) is 12.3. The van der Waals surface area contributed by atoms with Crippen LogP contribution in [0.15, 0.2) is 30.3 Å². The van der Waals surface area contributed by atoms with Crippen LogP contribution in [0.2, 0.25) is 0 Å².